The topological polar surface area (TPSA) is 44.8 Å². The summed E-state index contributed by atoms with van der Waals surface area (Å²) in [5.41, 5.74) is 0.907. The molecule has 3 aromatic carbocycles. The van der Waals surface area contributed by atoms with Crippen LogP contribution in [-0.2, 0) is 4.74 Å². The lowest BCUT2D eigenvalue weighted by molar-refractivity contribution is 0.0189. The largest absolute Gasteiger partial charge is 0.497 e. The maximum Gasteiger partial charge on any atom is 0.341 e. The van der Waals surface area contributed by atoms with Crippen LogP contribution in [0.1, 0.15) is 47.5 Å². The number of hydrogen-bond donors (Lipinski definition) is 0. The molecule has 34 heavy (non-hydrogen) atoms. The van der Waals surface area contributed by atoms with E-state index in [1.54, 1.807) is 36.4 Å². The summed E-state index contributed by atoms with van der Waals surface area (Å²) in [6, 6.07) is 13.9. The van der Waals surface area contributed by atoms with Gasteiger partial charge < -0.3 is 14.2 Å². The Morgan fingerprint density at radius 3 is 2.06 bits per heavy atom. The minimum absolute atomic E-state index is 0.162. The van der Waals surface area contributed by atoms with Gasteiger partial charge in [-0.05, 0) is 67.0 Å². The Labute approximate surface area is 196 Å². The number of rotatable bonds is 6. The molecule has 4 rings (SSSR count). The molecule has 1 fully saturated rings. The van der Waals surface area contributed by atoms with Gasteiger partial charge in [-0.3, -0.25) is 0 Å². The fraction of sp³-hybridized carbons (Fsp3) is 0.296. The Balaban J connectivity index is 1.41. The first kappa shape index (κ1) is 23.7. The van der Waals surface area contributed by atoms with E-state index in [1.807, 2.05) is 0 Å². The lowest BCUT2D eigenvalue weighted by atomic mass is 9.82. The van der Waals surface area contributed by atoms with Gasteiger partial charge in [-0.2, -0.15) is 0 Å². The second-order valence-electron chi connectivity index (χ2n) is 8.28. The zero-order valence-electron chi connectivity index (χ0n) is 18.9. The molecular formula is C27H25F3O4. The fourth-order valence-electron chi connectivity index (χ4n) is 4.37. The van der Waals surface area contributed by atoms with Crippen molar-refractivity contribution in [3.8, 4) is 22.6 Å². The molecule has 0 radical (unpaired) electrons. The fourth-order valence-corrected chi connectivity index (χ4v) is 4.37. The molecule has 178 valence electrons. The predicted octanol–water partition coefficient (Wildman–Crippen LogP) is 6.67. The van der Waals surface area contributed by atoms with E-state index in [9.17, 15) is 18.0 Å². The molecule has 3 aromatic rings. The number of benzene rings is 3. The summed E-state index contributed by atoms with van der Waals surface area (Å²) in [4.78, 5) is 12.4. The van der Waals surface area contributed by atoms with Gasteiger partial charge in [0.15, 0.2) is 11.6 Å². The smallest absolute Gasteiger partial charge is 0.341 e. The molecular weight excluding hydrogens is 445 g/mol. The molecule has 0 amide bonds. The van der Waals surface area contributed by atoms with Gasteiger partial charge in [-0.15, -0.1) is 0 Å². The average Bonchev–Trinajstić information content (AvgIpc) is 2.86. The molecule has 4 nitrogen and oxygen atoms in total. The monoisotopic (exact) mass is 470 g/mol. The van der Waals surface area contributed by atoms with Crippen LogP contribution < -0.4 is 9.47 Å². The first-order valence-electron chi connectivity index (χ1n) is 11.1. The van der Waals surface area contributed by atoms with E-state index < -0.39 is 29.5 Å². The van der Waals surface area contributed by atoms with Gasteiger partial charge in [0.25, 0.3) is 0 Å². The van der Waals surface area contributed by atoms with Crippen molar-refractivity contribution >= 4 is 5.97 Å². The summed E-state index contributed by atoms with van der Waals surface area (Å²) in [5.74, 6) is -2.44. The minimum atomic E-state index is -0.883. The first-order chi connectivity index (χ1) is 16.4. The van der Waals surface area contributed by atoms with E-state index in [0.29, 0.717) is 48.3 Å². The first-order valence-corrected chi connectivity index (χ1v) is 11.1. The highest BCUT2D eigenvalue weighted by Gasteiger charge is 2.29. The van der Waals surface area contributed by atoms with Crippen molar-refractivity contribution in [3.05, 3.63) is 83.2 Å². The Bertz CT molecular complexity index is 1170. The molecule has 0 atom stereocenters. The van der Waals surface area contributed by atoms with E-state index >= 15 is 0 Å². The molecule has 7 heteroatoms. The number of esters is 1. The van der Waals surface area contributed by atoms with Crippen molar-refractivity contribution in [2.75, 3.05) is 14.2 Å². The maximum atomic E-state index is 15.0. The van der Waals surface area contributed by atoms with Crippen molar-refractivity contribution in [1.29, 1.82) is 0 Å². The van der Waals surface area contributed by atoms with Crippen molar-refractivity contribution < 1.29 is 32.2 Å². The van der Waals surface area contributed by atoms with Crippen molar-refractivity contribution in [2.24, 2.45) is 0 Å². The van der Waals surface area contributed by atoms with Crippen LogP contribution in [-0.4, -0.2) is 26.3 Å². The van der Waals surface area contributed by atoms with E-state index in [2.05, 4.69) is 0 Å². The predicted molar refractivity (Wildman–Crippen MR) is 122 cm³/mol. The zero-order valence-corrected chi connectivity index (χ0v) is 18.9. The second kappa shape index (κ2) is 10.2. The van der Waals surface area contributed by atoms with E-state index in [4.69, 9.17) is 14.2 Å². The van der Waals surface area contributed by atoms with Gasteiger partial charge in [0.2, 0.25) is 0 Å². The Morgan fingerprint density at radius 1 is 0.794 bits per heavy atom. The second-order valence-corrected chi connectivity index (χ2v) is 8.28. The van der Waals surface area contributed by atoms with Gasteiger partial charge in [0.1, 0.15) is 23.4 Å². The quantitative estimate of drug-likeness (QED) is 0.378. The van der Waals surface area contributed by atoms with Crippen LogP contribution in [0.15, 0.2) is 54.6 Å². The highest BCUT2D eigenvalue weighted by Crippen LogP contribution is 2.38. The van der Waals surface area contributed by atoms with Crippen LogP contribution in [0.5, 0.6) is 11.5 Å². The van der Waals surface area contributed by atoms with Crippen LogP contribution in [0, 0.1) is 17.5 Å². The van der Waals surface area contributed by atoms with Crippen LogP contribution in [0.2, 0.25) is 0 Å². The molecule has 0 spiro atoms. The van der Waals surface area contributed by atoms with E-state index in [0.717, 1.165) is 6.07 Å². The molecule has 0 heterocycles. The zero-order chi connectivity index (χ0) is 24.2. The molecule has 1 saturated carbocycles. The third-order valence-corrected chi connectivity index (χ3v) is 6.30. The summed E-state index contributed by atoms with van der Waals surface area (Å²) < 4.78 is 59.5. The standard InChI is InChI=1S/C27H25F3O4/c1-32-18-7-3-16(4-8-18)21-13-14-22(26(30)25(21)29)17-5-9-19(10-6-17)34-27(31)23-12-11-20(33-2)15-24(23)28/h3-4,7-8,11-15,17,19H,5-6,9-10H2,1-2H3. The van der Waals surface area contributed by atoms with Crippen LogP contribution in [0.3, 0.4) is 0 Å². The van der Waals surface area contributed by atoms with Crippen molar-refractivity contribution in [1.82, 2.24) is 0 Å². The van der Waals surface area contributed by atoms with Crippen LogP contribution in [0.25, 0.3) is 11.1 Å². The third-order valence-electron chi connectivity index (χ3n) is 6.30. The van der Waals surface area contributed by atoms with E-state index in [-0.39, 0.29) is 17.0 Å². The van der Waals surface area contributed by atoms with E-state index in [1.165, 1.54) is 26.4 Å². The summed E-state index contributed by atoms with van der Waals surface area (Å²) in [6.45, 7) is 0. The Morgan fingerprint density at radius 2 is 1.44 bits per heavy atom. The summed E-state index contributed by atoms with van der Waals surface area (Å²) in [6.07, 6.45) is 1.62. The maximum absolute atomic E-state index is 15.0. The van der Waals surface area contributed by atoms with Gasteiger partial charge in [-0.1, -0.05) is 24.3 Å². The average molecular weight is 470 g/mol. The number of halogens is 3. The van der Waals surface area contributed by atoms with Crippen LogP contribution >= 0.6 is 0 Å². The highest BCUT2D eigenvalue weighted by molar-refractivity contribution is 5.90. The number of hydrogen-bond acceptors (Lipinski definition) is 4. The minimum Gasteiger partial charge on any atom is -0.497 e. The number of carbonyl (C=O) groups is 1. The molecule has 1 aliphatic rings. The lowest BCUT2D eigenvalue weighted by Crippen LogP contribution is -2.24. The summed E-state index contributed by atoms with van der Waals surface area (Å²) in [5, 5.41) is 0. The number of methoxy groups -OCH3 is 2. The van der Waals surface area contributed by atoms with Gasteiger partial charge in [-0.25, -0.2) is 18.0 Å². The number of carbonyl (C=O) groups excluding carboxylic acids is 1. The van der Waals surface area contributed by atoms with Crippen LogP contribution in [0.4, 0.5) is 13.2 Å². The molecule has 0 aromatic heterocycles. The number of ether oxygens (including phenoxy) is 3. The molecule has 0 unspecified atom stereocenters. The normalized spacial score (nSPS) is 17.8. The highest BCUT2D eigenvalue weighted by atomic mass is 19.2. The van der Waals surface area contributed by atoms with Gasteiger partial charge >= 0.3 is 5.97 Å². The van der Waals surface area contributed by atoms with Crippen molar-refractivity contribution in [2.45, 2.75) is 37.7 Å². The third kappa shape index (κ3) is 4.88. The summed E-state index contributed by atoms with van der Waals surface area (Å²) in [7, 11) is 2.95. The molecule has 0 aliphatic heterocycles. The Hall–Kier alpha value is -3.48. The Kier molecular flexibility index (Phi) is 7.10. The van der Waals surface area contributed by atoms with Gasteiger partial charge in [0.05, 0.1) is 19.8 Å². The SMILES string of the molecule is COc1ccc(-c2ccc(C3CCC(OC(=O)c4ccc(OC)cc4F)CC3)c(F)c2F)cc1. The molecule has 0 N–H and O–H groups in total. The summed E-state index contributed by atoms with van der Waals surface area (Å²) >= 11 is 0. The molecule has 1 aliphatic carbocycles. The molecule has 0 bridgehead atoms. The molecule has 0 saturated heterocycles. The van der Waals surface area contributed by atoms with Gasteiger partial charge in [0, 0.05) is 11.6 Å². The van der Waals surface area contributed by atoms with Crippen molar-refractivity contribution in [3.63, 3.8) is 0 Å². The lowest BCUT2D eigenvalue weighted by Gasteiger charge is -2.29.